The molecule has 2 rings (SSSR count). The van der Waals surface area contributed by atoms with E-state index >= 15 is 0 Å². The SMILES string of the molecule is Cc1nc(C)c(CNCC(C)(O)c2ccco2)s1. The van der Waals surface area contributed by atoms with Crippen LogP contribution in [-0.4, -0.2) is 16.6 Å². The minimum absolute atomic E-state index is 0.441. The summed E-state index contributed by atoms with van der Waals surface area (Å²) in [5.74, 6) is 0.576. The lowest BCUT2D eigenvalue weighted by molar-refractivity contribution is 0.0341. The van der Waals surface area contributed by atoms with E-state index in [0.29, 0.717) is 18.8 Å². The van der Waals surface area contributed by atoms with Gasteiger partial charge in [-0.2, -0.15) is 0 Å². The van der Waals surface area contributed by atoms with Gasteiger partial charge in [0.1, 0.15) is 11.4 Å². The summed E-state index contributed by atoms with van der Waals surface area (Å²) in [4.78, 5) is 5.58. The minimum Gasteiger partial charge on any atom is -0.466 e. The van der Waals surface area contributed by atoms with E-state index in [4.69, 9.17) is 4.42 Å². The van der Waals surface area contributed by atoms with Gasteiger partial charge < -0.3 is 14.8 Å². The molecule has 5 heteroatoms. The fraction of sp³-hybridized carbons (Fsp3) is 0.462. The number of aryl methyl sites for hydroxylation is 2. The summed E-state index contributed by atoms with van der Waals surface area (Å²) in [6.45, 7) is 6.90. The van der Waals surface area contributed by atoms with E-state index in [1.54, 1.807) is 36.7 Å². The maximum atomic E-state index is 10.3. The quantitative estimate of drug-likeness (QED) is 0.872. The number of rotatable bonds is 5. The molecule has 2 heterocycles. The number of furan rings is 1. The third-order valence-electron chi connectivity index (χ3n) is 2.81. The Balaban J connectivity index is 1.91. The second-order valence-corrected chi connectivity index (χ2v) is 5.88. The summed E-state index contributed by atoms with van der Waals surface area (Å²) >= 11 is 1.68. The van der Waals surface area contributed by atoms with Crippen LogP contribution in [0.2, 0.25) is 0 Å². The van der Waals surface area contributed by atoms with Crippen molar-refractivity contribution in [1.29, 1.82) is 0 Å². The topological polar surface area (TPSA) is 58.3 Å². The Hall–Kier alpha value is -1.17. The highest BCUT2D eigenvalue weighted by Gasteiger charge is 2.25. The smallest absolute Gasteiger partial charge is 0.136 e. The van der Waals surface area contributed by atoms with Gasteiger partial charge in [-0.3, -0.25) is 0 Å². The molecule has 4 nitrogen and oxygen atoms in total. The summed E-state index contributed by atoms with van der Waals surface area (Å²) in [7, 11) is 0. The summed E-state index contributed by atoms with van der Waals surface area (Å²) in [5, 5.41) is 14.6. The van der Waals surface area contributed by atoms with Gasteiger partial charge in [-0.25, -0.2) is 4.98 Å². The molecule has 18 heavy (non-hydrogen) atoms. The van der Waals surface area contributed by atoms with Crippen LogP contribution < -0.4 is 5.32 Å². The van der Waals surface area contributed by atoms with Crippen LogP contribution in [0.4, 0.5) is 0 Å². The maximum Gasteiger partial charge on any atom is 0.136 e. The average molecular weight is 266 g/mol. The normalized spacial score (nSPS) is 14.7. The van der Waals surface area contributed by atoms with E-state index in [9.17, 15) is 5.11 Å². The summed E-state index contributed by atoms with van der Waals surface area (Å²) in [5.41, 5.74) is 0.0691. The second-order valence-electron chi connectivity index (χ2n) is 4.60. The van der Waals surface area contributed by atoms with Gasteiger partial charge in [0.25, 0.3) is 0 Å². The summed E-state index contributed by atoms with van der Waals surface area (Å²) < 4.78 is 5.23. The molecule has 0 aromatic carbocycles. The number of nitrogens with one attached hydrogen (secondary N) is 1. The van der Waals surface area contributed by atoms with Crippen LogP contribution in [-0.2, 0) is 12.1 Å². The lowest BCUT2D eigenvalue weighted by atomic mass is 10.0. The molecule has 0 aliphatic rings. The standard InChI is InChI=1S/C13H18N2O2S/c1-9-11(18-10(2)15-9)7-14-8-13(3,16)12-5-4-6-17-12/h4-6,14,16H,7-8H2,1-3H3. The van der Waals surface area contributed by atoms with Gasteiger partial charge in [-0.15, -0.1) is 11.3 Å². The zero-order valence-corrected chi connectivity index (χ0v) is 11.7. The first-order valence-corrected chi connectivity index (χ1v) is 6.70. The lowest BCUT2D eigenvalue weighted by Gasteiger charge is -2.21. The van der Waals surface area contributed by atoms with Crippen molar-refractivity contribution >= 4 is 11.3 Å². The molecule has 2 N–H and O–H groups in total. The van der Waals surface area contributed by atoms with Crippen LogP contribution in [0.25, 0.3) is 0 Å². The van der Waals surface area contributed by atoms with E-state index < -0.39 is 5.60 Å². The predicted molar refractivity (Wildman–Crippen MR) is 71.6 cm³/mol. The van der Waals surface area contributed by atoms with Crippen molar-refractivity contribution in [2.75, 3.05) is 6.54 Å². The third kappa shape index (κ3) is 2.98. The number of aromatic nitrogens is 1. The molecule has 98 valence electrons. The van der Waals surface area contributed by atoms with Crippen LogP contribution in [0.3, 0.4) is 0 Å². The Labute approximate surface area is 111 Å². The Morgan fingerprint density at radius 2 is 2.28 bits per heavy atom. The van der Waals surface area contributed by atoms with E-state index in [1.807, 2.05) is 13.8 Å². The lowest BCUT2D eigenvalue weighted by Crippen LogP contribution is -2.34. The zero-order chi connectivity index (χ0) is 13.2. The molecule has 0 aliphatic heterocycles. The number of hydrogen-bond acceptors (Lipinski definition) is 5. The molecular weight excluding hydrogens is 248 g/mol. The van der Waals surface area contributed by atoms with Gasteiger partial charge >= 0.3 is 0 Å². The van der Waals surface area contributed by atoms with Gasteiger partial charge in [0.05, 0.1) is 17.0 Å². The summed E-state index contributed by atoms with van der Waals surface area (Å²) in [6.07, 6.45) is 1.57. The van der Waals surface area contributed by atoms with Crippen molar-refractivity contribution in [2.24, 2.45) is 0 Å². The van der Waals surface area contributed by atoms with Crippen LogP contribution in [0.5, 0.6) is 0 Å². The highest BCUT2D eigenvalue weighted by atomic mass is 32.1. The van der Waals surface area contributed by atoms with Crippen molar-refractivity contribution in [2.45, 2.75) is 32.9 Å². The number of aliphatic hydroxyl groups is 1. The maximum absolute atomic E-state index is 10.3. The molecular formula is C13H18N2O2S. The molecule has 2 aromatic rings. The van der Waals surface area contributed by atoms with Gasteiger partial charge in [0.15, 0.2) is 0 Å². The Bertz CT molecular complexity index is 503. The average Bonchev–Trinajstić information content (AvgIpc) is 2.89. The van der Waals surface area contributed by atoms with E-state index in [-0.39, 0.29) is 0 Å². The largest absolute Gasteiger partial charge is 0.466 e. The predicted octanol–water partition coefficient (Wildman–Crippen LogP) is 2.35. The molecule has 0 amide bonds. The number of hydrogen-bond donors (Lipinski definition) is 2. The Morgan fingerprint density at radius 3 is 2.83 bits per heavy atom. The first kappa shape index (κ1) is 13.3. The van der Waals surface area contributed by atoms with E-state index in [2.05, 4.69) is 10.3 Å². The molecule has 2 aromatic heterocycles. The third-order valence-corrected chi connectivity index (χ3v) is 3.88. The van der Waals surface area contributed by atoms with Gasteiger partial charge in [-0.05, 0) is 32.9 Å². The van der Waals surface area contributed by atoms with Crippen LogP contribution in [0, 0.1) is 13.8 Å². The minimum atomic E-state index is -0.989. The monoisotopic (exact) mass is 266 g/mol. The molecule has 0 radical (unpaired) electrons. The van der Waals surface area contributed by atoms with Crippen LogP contribution in [0.1, 0.15) is 28.3 Å². The highest BCUT2D eigenvalue weighted by Crippen LogP contribution is 2.21. The van der Waals surface area contributed by atoms with Crippen LogP contribution >= 0.6 is 11.3 Å². The molecule has 0 bridgehead atoms. The number of nitrogens with zero attached hydrogens (tertiary/aromatic N) is 1. The van der Waals surface area contributed by atoms with Crippen molar-refractivity contribution in [3.8, 4) is 0 Å². The highest BCUT2D eigenvalue weighted by molar-refractivity contribution is 7.11. The molecule has 0 spiro atoms. The van der Waals surface area contributed by atoms with Crippen molar-refractivity contribution in [1.82, 2.24) is 10.3 Å². The first-order valence-electron chi connectivity index (χ1n) is 5.89. The molecule has 1 atom stereocenters. The fourth-order valence-electron chi connectivity index (χ4n) is 1.83. The second kappa shape index (κ2) is 5.22. The Morgan fingerprint density at radius 1 is 1.50 bits per heavy atom. The van der Waals surface area contributed by atoms with Gasteiger partial charge in [-0.1, -0.05) is 0 Å². The van der Waals surface area contributed by atoms with Gasteiger partial charge in [0, 0.05) is 18.0 Å². The Kier molecular flexibility index (Phi) is 3.85. The summed E-state index contributed by atoms with van der Waals surface area (Å²) in [6, 6.07) is 3.56. The molecule has 1 unspecified atom stereocenters. The van der Waals surface area contributed by atoms with Crippen molar-refractivity contribution < 1.29 is 9.52 Å². The van der Waals surface area contributed by atoms with Crippen LogP contribution in [0.15, 0.2) is 22.8 Å². The van der Waals surface area contributed by atoms with Gasteiger partial charge in [0.2, 0.25) is 0 Å². The van der Waals surface area contributed by atoms with E-state index in [1.165, 1.54) is 4.88 Å². The molecule has 0 aliphatic carbocycles. The number of thiazole rings is 1. The zero-order valence-electron chi connectivity index (χ0n) is 10.9. The molecule has 0 saturated heterocycles. The molecule has 0 fully saturated rings. The van der Waals surface area contributed by atoms with Crippen molar-refractivity contribution in [3.63, 3.8) is 0 Å². The van der Waals surface area contributed by atoms with E-state index in [0.717, 1.165) is 10.7 Å². The van der Waals surface area contributed by atoms with Crippen molar-refractivity contribution in [3.05, 3.63) is 39.7 Å². The molecule has 0 saturated carbocycles. The fourth-order valence-corrected chi connectivity index (χ4v) is 2.74. The first-order chi connectivity index (χ1) is 8.49.